The maximum absolute atomic E-state index is 11.2. The third-order valence-electron chi connectivity index (χ3n) is 2.25. The van der Waals surface area contributed by atoms with E-state index < -0.39 is 21.3 Å². The number of carbonyl (C=O) groups is 2. The van der Waals surface area contributed by atoms with Crippen molar-refractivity contribution in [2.75, 3.05) is 0 Å². The van der Waals surface area contributed by atoms with Crippen molar-refractivity contribution in [2.24, 2.45) is 0 Å². The molecule has 1 rings (SSSR count). The van der Waals surface area contributed by atoms with Crippen LogP contribution >= 0.6 is 21.2 Å². The molecule has 146 valence electrons. The summed E-state index contributed by atoms with van der Waals surface area (Å²) >= 11 is 42.7. The first-order valence-corrected chi connectivity index (χ1v) is 23.6. The van der Waals surface area contributed by atoms with Gasteiger partial charge in [-0.1, -0.05) is 35.5 Å². The number of rotatable bonds is 3. The van der Waals surface area contributed by atoms with Crippen molar-refractivity contribution in [3.05, 3.63) is 48.1 Å². The quantitative estimate of drug-likeness (QED) is 0.127. The Morgan fingerprint density at radius 3 is 1.78 bits per heavy atom. The number of hydrogen-bond acceptors (Lipinski definition) is 10. The van der Waals surface area contributed by atoms with Crippen LogP contribution in [0.1, 0.15) is 6.92 Å². The summed E-state index contributed by atoms with van der Waals surface area (Å²) in [5.74, 6) is -0.292. The molecule has 0 saturated carbocycles. The first-order valence-electron chi connectivity index (χ1n) is 5.97. The third kappa shape index (κ3) is 11.6. The van der Waals surface area contributed by atoms with Crippen LogP contribution in [0.25, 0.3) is 0 Å². The van der Waals surface area contributed by atoms with Crippen LogP contribution in [0.5, 0.6) is 0 Å². The summed E-state index contributed by atoms with van der Waals surface area (Å²) in [5.41, 5.74) is 0.459. The van der Waals surface area contributed by atoms with Crippen LogP contribution in [0.15, 0.2) is 48.1 Å². The van der Waals surface area contributed by atoms with Crippen LogP contribution in [-0.4, -0.2) is 11.6 Å². The molecule has 0 N–H and O–H groups in total. The second-order valence-corrected chi connectivity index (χ2v) is 47.2. The zero-order valence-electron chi connectivity index (χ0n) is 13.6. The van der Waals surface area contributed by atoms with Crippen molar-refractivity contribution >= 4 is 144 Å². The molecule has 0 saturated heterocycles. The van der Waals surface area contributed by atoms with E-state index in [9.17, 15) is 9.59 Å². The Kier molecular flexibility index (Phi) is 18.4. The number of hydrogen-bond donors (Lipinski definition) is 0. The van der Waals surface area contributed by atoms with Gasteiger partial charge in [-0.3, -0.25) is 9.59 Å². The Hall–Kier alpha value is 3.96. The Bertz CT molecular complexity index is 1040. The number of carbonyl (C=O) groups excluding carboxylic acids is 2. The largest absolute Gasteiger partial charge is 1.00 e. The molecule has 1 atom stereocenters. The minimum atomic E-state index is -2.19. The first-order chi connectivity index (χ1) is 11.6. The van der Waals surface area contributed by atoms with E-state index in [0.29, 0.717) is 5.57 Å². The van der Waals surface area contributed by atoms with Gasteiger partial charge in [-0.25, -0.2) is 0 Å². The van der Waals surface area contributed by atoms with Gasteiger partial charge in [0.15, 0.2) is 11.6 Å². The number of halogens is 1. The average molecular weight is 725 g/mol. The van der Waals surface area contributed by atoms with E-state index >= 15 is 0 Å². The summed E-state index contributed by atoms with van der Waals surface area (Å²) in [5, 5.41) is -4.37. The first kappa shape index (κ1) is 33.1. The van der Waals surface area contributed by atoms with E-state index in [4.69, 9.17) is 90.0 Å². The van der Waals surface area contributed by atoms with Crippen LogP contribution in [-0.2, 0) is 121 Å². The number of allylic oxidation sites excluding steroid dienone is 8. The molecule has 0 aromatic carbocycles. The van der Waals surface area contributed by atoms with Crippen molar-refractivity contribution in [3.8, 4) is 0 Å². The summed E-state index contributed by atoms with van der Waals surface area (Å²) < 4.78 is -1.95. The molecule has 0 bridgehead atoms. The van der Waals surface area contributed by atoms with Crippen LogP contribution in [0.3, 0.4) is 0 Å². The molecule has 0 fully saturated rings. The molecule has 27 heavy (non-hydrogen) atoms. The Balaban J connectivity index is 0. The van der Waals surface area contributed by atoms with Crippen LogP contribution in [0.2, 0.25) is 0 Å². The smallest absolute Gasteiger partial charge is 0.700 e. The maximum Gasteiger partial charge on any atom is 1.00 e. The summed E-state index contributed by atoms with van der Waals surface area (Å²) in [6.45, 7) is 1.63. The summed E-state index contributed by atoms with van der Waals surface area (Å²) in [6, 6.07) is 0. The summed E-state index contributed by atoms with van der Waals surface area (Å²) in [6.07, 6.45) is 10.9. The standard InChI is InChI=1S/C11H10O2.HIS12.K/c1-9-8-10(12)6-4-2-3-5-7-11(9)13;1-11(4,5)13(8,9)12(6,7)10(2)3;/h2-8H,1H3;(H,2,3);/q;;+1/p-1/b3-2-,6-4+,7-5+,9-8-;;. The molecule has 0 heterocycles. The molecular formula is C11H10IKO2S12. The van der Waals surface area contributed by atoms with Gasteiger partial charge >= 0.3 is 51.4 Å². The molecule has 0 radical (unpaired) electrons. The van der Waals surface area contributed by atoms with Gasteiger partial charge in [0.2, 0.25) is 0 Å². The van der Waals surface area contributed by atoms with Gasteiger partial charge in [0.25, 0.3) is 0 Å². The minimum Gasteiger partial charge on any atom is -0.700 e. The van der Waals surface area contributed by atoms with E-state index in [1.807, 2.05) is 21.2 Å². The van der Waals surface area contributed by atoms with Crippen LogP contribution < -0.4 is 51.4 Å². The Labute approximate surface area is 254 Å². The molecule has 1 aliphatic carbocycles. The topological polar surface area (TPSA) is 34.1 Å². The zero-order chi connectivity index (χ0) is 20.8. The van der Waals surface area contributed by atoms with Crippen molar-refractivity contribution in [3.63, 3.8) is 0 Å². The predicted molar refractivity (Wildman–Crippen MR) is 154 cm³/mol. The molecular weight excluding hydrogens is 715 g/mol. The van der Waals surface area contributed by atoms with E-state index in [1.54, 1.807) is 31.2 Å². The van der Waals surface area contributed by atoms with Gasteiger partial charge in [-0.15, -0.1) is 0 Å². The Morgan fingerprint density at radius 2 is 1.41 bits per heavy atom. The van der Waals surface area contributed by atoms with Crippen LogP contribution in [0.4, 0.5) is 0 Å². The molecule has 0 aromatic rings. The fraction of sp³-hybridized carbons (Fsp3) is 0.0909. The second-order valence-electron chi connectivity index (χ2n) is 4.11. The fourth-order valence-electron chi connectivity index (χ4n) is 1.05. The zero-order valence-corrected chi connectivity index (χ0v) is 28.7. The molecule has 1 aliphatic rings. The van der Waals surface area contributed by atoms with Gasteiger partial charge in [-0.05, 0) is 92.3 Å². The fourth-order valence-corrected chi connectivity index (χ4v) is 51.1. The van der Waals surface area contributed by atoms with E-state index in [-0.39, 0.29) is 63.0 Å². The van der Waals surface area contributed by atoms with Crippen molar-refractivity contribution in [1.29, 1.82) is 0 Å². The van der Waals surface area contributed by atoms with E-state index in [2.05, 4.69) is 0 Å². The molecule has 0 aromatic heterocycles. The second kappa shape index (κ2) is 15.0. The van der Waals surface area contributed by atoms with Crippen molar-refractivity contribution in [1.82, 2.24) is 0 Å². The normalized spacial score (nSPS) is 22.0. The maximum atomic E-state index is 11.2. The monoisotopic (exact) mass is 724 g/mol. The minimum absolute atomic E-state index is 0. The summed E-state index contributed by atoms with van der Waals surface area (Å²) in [7, 11) is -0.951. The van der Waals surface area contributed by atoms with Crippen molar-refractivity contribution in [2.45, 2.75) is 6.92 Å². The average Bonchev–Trinajstić information content (AvgIpc) is 2.49. The molecule has 0 aliphatic heterocycles. The molecule has 0 amide bonds. The molecule has 16 heteroatoms. The van der Waals surface area contributed by atoms with Crippen molar-refractivity contribution < 1.29 is 61.0 Å². The third-order valence-corrected chi connectivity index (χ3v) is 62.8. The summed E-state index contributed by atoms with van der Waals surface area (Å²) in [4.78, 5) is 22.3. The van der Waals surface area contributed by atoms with Gasteiger partial charge < -0.3 is 11.7 Å². The molecule has 1 unspecified atom stereocenters. The van der Waals surface area contributed by atoms with Gasteiger partial charge in [0, 0.05) is 40.6 Å². The van der Waals surface area contributed by atoms with Gasteiger partial charge in [-0.2, -0.15) is 7.52 Å². The van der Waals surface area contributed by atoms with Gasteiger partial charge in [0.05, 0.1) is 0 Å². The van der Waals surface area contributed by atoms with E-state index in [0.717, 1.165) is 0 Å². The van der Waals surface area contributed by atoms with Gasteiger partial charge in [0.1, 0.15) is 0 Å². The van der Waals surface area contributed by atoms with Crippen LogP contribution in [0, 0.1) is 0 Å². The Morgan fingerprint density at radius 1 is 0.963 bits per heavy atom. The SMILES string of the molecule is C/C1=C/C(=O)/C=C/C=C\C=C\C1=O.S=S([S-])S(=S)(=S)S(=S)(=S)S(=S)(=S)I.[K+]. The number of ketones is 2. The predicted octanol–water partition coefficient (Wildman–Crippen LogP) is -0.386. The molecule has 0 spiro atoms. The van der Waals surface area contributed by atoms with E-state index in [1.165, 1.54) is 18.2 Å². The molecule has 2 nitrogen and oxygen atoms in total.